The van der Waals surface area contributed by atoms with Crippen molar-refractivity contribution >= 4 is 5.91 Å². The second-order valence-corrected chi connectivity index (χ2v) is 6.71. The normalized spacial score (nSPS) is 42.1. The second-order valence-electron chi connectivity index (χ2n) is 6.71. The number of nitrogens with two attached hydrogens (primary N) is 1. The predicted octanol–water partition coefficient (Wildman–Crippen LogP) is 1.44. The lowest BCUT2D eigenvalue weighted by molar-refractivity contribution is -0.124. The topological polar surface area (TPSA) is 64.3 Å². The van der Waals surface area contributed by atoms with Gasteiger partial charge in [0.1, 0.15) is 0 Å². The molecule has 3 fully saturated rings. The Labute approximate surface area is 115 Å². The van der Waals surface area contributed by atoms with Crippen LogP contribution in [-0.4, -0.2) is 31.2 Å². The van der Waals surface area contributed by atoms with Gasteiger partial charge < -0.3 is 15.8 Å². The summed E-state index contributed by atoms with van der Waals surface area (Å²) in [7, 11) is 0. The zero-order valence-electron chi connectivity index (χ0n) is 11.6. The molecule has 0 radical (unpaired) electrons. The number of ether oxygens (including phenoxy) is 1. The molecule has 4 nitrogen and oxygen atoms in total. The van der Waals surface area contributed by atoms with Gasteiger partial charge in [-0.3, -0.25) is 4.79 Å². The quantitative estimate of drug-likeness (QED) is 0.812. The van der Waals surface area contributed by atoms with E-state index in [2.05, 4.69) is 5.32 Å². The molecule has 19 heavy (non-hydrogen) atoms. The average Bonchev–Trinajstić information content (AvgIpc) is 2.83. The van der Waals surface area contributed by atoms with Crippen molar-refractivity contribution in [1.29, 1.82) is 0 Å². The first-order valence-electron chi connectivity index (χ1n) is 7.85. The Morgan fingerprint density at radius 3 is 2.58 bits per heavy atom. The summed E-state index contributed by atoms with van der Waals surface area (Å²) in [6.45, 7) is 1.58. The Hall–Kier alpha value is -0.610. The van der Waals surface area contributed by atoms with Gasteiger partial charge in [-0.1, -0.05) is 6.42 Å². The Balaban J connectivity index is 1.54. The van der Waals surface area contributed by atoms with Crippen LogP contribution in [0.1, 0.15) is 44.9 Å². The van der Waals surface area contributed by atoms with Crippen molar-refractivity contribution in [1.82, 2.24) is 5.32 Å². The zero-order valence-corrected chi connectivity index (χ0v) is 11.6. The fourth-order valence-electron chi connectivity index (χ4n) is 4.28. The van der Waals surface area contributed by atoms with Gasteiger partial charge in [0.15, 0.2) is 0 Å². The zero-order chi connectivity index (χ0) is 13.2. The smallest absolute Gasteiger partial charge is 0.220 e. The molecule has 108 valence electrons. The Morgan fingerprint density at radius 2 is 1.95 bits per heavy atom. The van der Waals surface area contributed by atoms with Crippen molar-refractivity contribution in [3.63, 3.8) is 0 Å². The molecule has 2 bridgehead atoms. The first-order valence-corrected chi connectivity index (χ1v) is 7.85. The fourth-order valence-corrected chi connectivity index (χ4v) is 4.28. The summed E-state index contributed by atoms with van der Waals surface area (Å²) in [6.07, 6.45) is 7.65. The molecule has 1 aliphatic heterocycles. The lowest BCUT2D eigenvalue weighted by Crippen LogP contribution is -2.53. The van der Waals surface area contributed by atoms with E-state index in [0.717, 1.165) is 32.5 Å². The molecule has 0 aromatic heterocycles. The monoisotopic (exact) mass is 266 g/mol. The molecule has 0 aromatic rings. The maximum absolute atomic E-state index is 12.2. The number of carbonyl (C=O) groups is 1. The van der Waals surface area contributed by atoms with Gasteiger partial charge in [0.25, 0.3) is 0 Å². The van der Waals surface area contributed by atoms with Gasteiger partial charge in [-0.25, -0.2) is 0 Å². The number of rotatable bonds is 3. The van der Waals surface area contributed by atoms with Crippen LogP contribution in [0.5, 0.6) is 0 Å². The SMILES string of the molecule is NC1CC2CCCC(C1)C2NC(=O)CC1CCOC1. The fraction of sp³-hybridized carbons (Fsp3) is 0.933. The highest BCUT2D eigenvalue weighted by atomic mass is 16.5. The van der Waals surface area contributed by atoms with Gasteiger partial charge in [0, 0.05) is 31.7 Å². The average molecular weight is 266 g/mol. The summed E-state index contributed by atoms with van der Waals surface area (Å²) < 4.78 is 5.34. The molecule has 3 unspecified atom stereocenters. The number of hydrogen-bond acceptors (Lipinski definition) is 3. The lowest BCUT2D eigenvalue weighted by atomic mass is 9.67. The molecule has 2 saturated carbocycles. The van der Waals surface area contributed by atoms with Crippen molar-refractivity contribution < 1.29 is 9.53 Å². The Bertz CT molecular complexity index is 314. The highest BCUT2D eigenvalue weighted by molar-refractivity contribution is 5.76. The van der Waals surface area contributed by atoms with Crippen molar-refractivity contribution in [3.05, 3.63) is 0 Å². The summed E-state index contributed by atoms with van der Waals surface area (Å²) in [6, 6.07) is 0.745. The minimum Gasteiger partial charge on any atom is -0.381 e. The molecule has 3 aliphatic rings. The van der Waals surface area contributed by atoms with Crippen molar-refractivity contribution in [2.75, 3.05) is 13.2 Å². The number of fused-ring (bicyclic) bond motifs is 2. The number of carbonyl (C=O) groups excluding carboxylic acids is 1. The maximum Gasteiger partial charge on any atom is 0.220 e. The van der Waals surface area contributed by atoms with Crippen LogP contribution in [0.2, 0.25) is 0 Å². The predicted molar refractivity (Wildman–Crippen MR) is 73.5 cm³/mol. The van der Waals surface area contributed by atoms with E-state index in [1.54, 1.807) is 0 Å². The van der Waals surface area contributed by atoms with E-state index in [1.165, 1.54) is 19.3 Å². The van der Waals surface area contributed by atoms with E-state index in [9.17, 15) is 4.79 Å². The molecule has 4 heteroatoms. The van der Waals surface area contributed by atoms with Gasteiger partial charge in [-0.2, -0.15) is 0 Å². The number of hydrogen-bond donors (Lipinski definition) is 2. The van der Waals surface area contributed by atoms with Gasteiger partial charge in [0.2, 0.25) is 5.91 Å². The van der Waals surface area contributed by atoms with Crippen LogP contribution in [0.25, 0.3) is 0 Å². The molecular weight excluding hydrogens is 240 g/mol. The molecule has 1 amide bonds. The molecule has 1 saturated heterocycles. The van der Waals surface area contributed by atoms with Crippen LogP contribution < -0.4 is 11.1 Å². The second kappa shape index (κ2) is 5.80. The number of amides is 1. The summed E-state index contributed by atoms with van der Waals surface area (Å²) in [5.74, 6) is 1.90. The largest absolute Gasteiger partial charge is 0.381 e. The van der Waals surface area contributed by atoms with Crippen LogP contribution in [0, 0.1) is 17.8 Å². The molecule has 3 rings (SSSR count). The van der Waals surface area contributed by atoms with Crippen LogP contribution in [-0.2, 0) is 9.53 Å². The van der Waals surface area contributed by atoms with Crippen LogP contribution in [0.3, 0.4) is 0 Å². The third-order valence-electron chi connectivity index (χ3n) is 5.20. The van der Waals surface area contributed by atoms with E-state index >= 15 is 0 Å². The Morgan fingerprint density at radius 1 is 1.21 bits per heavy atom. The van der Waals surface area contributed by atoms with E-state index < -0.39 is 0 Å². The van der Waals surface area contributed by atoms with Gasteiger partial charge in [-0.05, 0) is 49.9 Å². The minimum atomic E-state index is 0.230. The molecule has 2 aliphatic carbocycles. The summed E-state index contributed by atoms with van der Waals surface area (Å²) in [4.78, 5) is 12.2. The summed E-state index contributed by atoms with van der Waals surface area (Å²) in [5.41, 5.74) is 6.12. The van der Waals surface area contributed by atoms with Gasteiger partial charge >= 0.3 is 0 Å². The third-order valence-corrected chi connectivity index (χ3v) is 5.20. The minimum absolute atomic E-state index is 0.230. The van der Waals surface area contributed by atoms with Crippen LogP contribution >= 0.6 is 0 Å². The first-order chi connectivity index (χ1) is 9.22. The summed E-state index contributed by atoms with van der Waals surface area (Å²) >= 11 is 0. The highest BCUT2D eigenvalue weighted by Gasteiger charge is 2.40. The molecule has 3 N–H and O–H groups in total. The van der Waals surface area contributed by atoms with Crippen molar-refractivity contribution in [2.24, 2.45) is 23.5 Å². The van der Waals surface area contributed by atoms with Gasteiger partial charge in [0.05, 0.1) is 0 Å². The maximum atomic E-state index is 12.2. The highest BCUT2D eigenvalue weighted by Crippen LogP contribution is 2.39. The van der Waals surface area contributed by atoms with Gasteiger partial charge in [-0.15, -0.1) is 0 Å². The Kier molecular flexibility index (Phi) is 4.08. The number of nitrogens with one attached hydrogen (secondary N) is 1. The van der Waals surface area contributed by atoms with E-state index in [1.807, 2.05) is 0 Å². The third kappa shape index (κ3) is 3.11. The van der Waals surface area contributed by atoms with E-state index in [-0.39, 0.29) is 5.91 Å². The van der Waals surface area contributed by atoms with E-state index in [0.29, 0.717) is 36.3 Å². The molecule has 0 aromatic carbocycles. The van der Waals surface area contributed by atoms with E-state index in [4.69, 9.17) is 10.5 Å². The molecular formula is C15H26N2O2. The first kappa shape index (κ1) is 13.4. The van der Waals surface area contributed by atoms with Crippen LogP contribution in [0.4, 0.5) is 0 Å². The molecule has 0 spiro atoms. The van der Waals surface area contributed by atoms with Crippen LogP contribution in [0.15, 0.2) is 0 Å². The summed E-state index contributed by atoms with van der Waals surface area (Å²) in [5, 5.41) is 3.32. The standard InChI is InChI=1S/C15H26N2O2/c16-13-7-11-2-1-3-12(8-13)15(11)17-14(18)6-10-4-5-19-9-10/h10-13,15H,1-9,16H2,(H,17,18). The molecule has 3 atom stereocenters. The van der Waals surface area contributed by atoms with Crippen molar-refractivity contribution in [2.45, 2.75) is 57.0 Å². The van der Waals surface area contributed by atoms with Crippen molar-refractivity contribution in [3.8, 4) is 0 Å². The molecule has 1 heterocycles. The lowest BCUT2D eigenvalue weighted by Gasteiger charge is -2.45.